The molecule has 2 atom stereocenters. The van der Waals surface area contributed by atoms with Gasteiger partial charge in [0.05, 0.1) is 0 Å². The first-order valence-corrected chi connectivity index (χ1v) is 5.36. The van der Waals surface area contributed by atoms with E-state index in [-0.39, 0.29) is 0 Å². The molecule has 1 aromatic carbocycles. The second-order valence-electron chi connectivity index (χ2n) is 3.59. The number of halogens is 3. The largest absolute Gasteiger partial charge is 0.481 e. The van der Waals surface area contributed by atoms with Crippen LogP contribution in [0.2, 0.25) is 0 Å². The maximum absolute atomic E-state index is 12.4. The second kappa shape index (κ2) is 5.44. The molecule has 0 aliphatic carbocycles. The first-order chi connectivity index (χ1) is 7.82. The number of rotatable bonds is 4. The van der Waals surface area contributed by atoms with Crippen LogP contribution >= 0.6 is 12.6 Å². The Balaban J connectivity index is 2.79. The molecule has 0 radical (unpaired) electrons. The van der Waals surface area contributed by atoms with Crippen molar-refractivity contribution in [3.05, 3.63) is 35.9 Å². The van der Waals surface area contributed by atoms with Crippen molar-refractivity contribution in [1.82, 2.24) is 0 Å². The number of benzene rings is 1. The summed E-state index contributed by atoms with van der Waals surface area (Å²) >= 11 is 4.02. The fraction of sp³-hybridized carbons (Fsp3) is 0.364. The molecule has 94 valence electrons. The summed E-state index contributed by atoms with van der Waals surface area (Å²) in [6.45, 7) is 0. The lowest BCUT2D eigenvalue weighted by Crippen LogP contribution is -2.31. The highest BCUT2D eigenvalue weighted by Crippen LogP contribution is 2.36. The summed E-state index contributed by atoms with van der Waals surface area (Å²) in [7, 11) is 0. The Labute approximate surface area is 102 Å². The average Bonchev–Trinajstić information content (AvgIpc) is 2.24. The Morgan fingerprint density at radius 3 is 2.24 bits per heavy atom. The van der Waals surface area contributed by atoms with Gasteiger partial charge in [0.1, 0.15) is 0 Å². The fourth-order valence-electron chi connectivity index (χ4n) is 1.41. The van der Waals surface area contributed by atoms with Crippen molar-refractivity contribution in [2.24, 2.45) is 5.92 Å². The predicted molar refractivity (Wildman–Crippen MR) is 60.0 cm³/mol. The third kappa shape index (κ3) is 3.96. The maximum Gasteiger partial charge on any atom is 0.402 e. The third-order valence-corrected chi connectivity index (χ3v) is 2.85. The van der Waals surface area contributed by atoms with E-state index < -0.39 is 29.7 Å². The van der Waals surface area contributed by atoms with Gasteiger partial charge in [-0.05, 0) is 12.0 Å². The lowest BCUT2D eigenvalue weighted by Gasteiger charge is -2.19. The Morgan fingerprint density at radius 1 is 1.29 bits per heavy atom. The van der Waals surface area contributed by atoms with Crippen LogP contribution < -0.4 is 0 Å². The second-order valence-corrected chi connectivity index (χ2v) is 4.22. The summed E-state index contributed by atoms with van der Waals surface area (Å²) in [6.07, 6.45) is -5.33. The first kappa shape index (κ1) is 13.9. The minimum Gasteiger partial charge on any atom is -0.481 e. The van der Waals surface area contributed by atoms with Crippen molar-refractivity contribution >= 4 is 18.6 Å². The van der Waals surface area contributed by atoms with Crippen LogP contribution in [0.15, 0.2) is 30.3 Å². The van der Waals surface area contributed by atoms with Crippen LogP contribution in [0.25, 0.3) is 0 Å². The maximum atomic E-state index is 12.4. The molecule has 0 bridgehead atoms. The number of hydrogen-bond donors (Lipinski definition) is 2. The van der Waals surface area contributed by atoms with E-state index in [2.05, 4.69) is 12.6 Å². The molecule has 17 heavy (non-hydrogen) atoms. The smallest absolute Gasteiger partial charge is 0.402 e. The highest BCUT2D eigenvalue weighted by atomic mass is 32.1. The van der Waals surface area contributed by atoms with E-state index >= 15 is 0 Å². The van der Waals surface area contributed by atoms with Gasteiger partial charge in [-0.1, -0.05) is 30.3 Å². The molecule has 0 unspecified atom stereocenters. The zero-order valence-electron chi connectivity index (χ0n) is 8.69. The Bertz CT molecular complexity index is 378. The Morgan fingerprint density at radius 2 is 1.82 bits per heavy atom. The standard InChI is InChI=1S/C11H11F3O2S/c12-11(13,14)8(10(15)16)6-9(17)7-4-2-1-3-5-7/h1-5,8-9,17H,6H2,(H,15,16)/t8-,9+/m1/s1. The van der Waals surface area contributed by atoms with Gasteiger partial charge in [0.25, 0.3) is 0 Å². The Kier molecular flexibility index (Phi) is 4.45. The van der Waals surface area contributed by atoms with E-state index in [1.165, 1.54) is 0 Å². The van der Waals surface area contributed by atoms with Crippen molar-refractivity contribution in [3.8, 4) is 0 Å². The molecule has 0 fully saturated rings. The summed E-state index contributed by atoms with van der Waals surface area (Å²) in [5, 5.41) is 7.80. The molecule has 0 aliphatic rings. The Hall–Kier alpha value is -1.17. The molecule has 0 amide bonds. The van der Waals surface area contributed by atoms with E-state index in [0.717, 1.165) is 0 Å². The van der Waals surface area contributed by atoms with Crippen molar-refractivity contribution in [3.63, 3.8) is 0 Å². The molecule has 1 N–H and O–H groups in total. The lowest BCUT2D eigenvalue weighted by atomic mass is 9.98. The van der Waals surface area contributed by atoms with Gasteiger partial charge >= 0.3 is 12.1 Å². The van der Waals surface area contributed by atoms with Gasteiger partial charge in [-0.15, -0.1) is 0 Å². The van der Waals surface area contributed by atoms with Gasteiger partial charge in [-0.2, -0.15) is 25.8 Å². The van der Waals surface area contributed by atoms with Gasteiger partial charge < -0.3 is 5.11 Å². The zero-order chi connectivity index (χ0) is 13.1. The number of carbonyl (C=O) groups is 1. The molecule has 0 saturated heterocycles. The van der Waals surface area contributed by atoms with E-state index in [4.69, 9.17) is 5.11 Å². The van der Waals surface area contributed by atoms with Gasteiger partial charge in [0.15, 0.2) is 5.92 Å². The molecule has 0 heterocycles. The van der Waals surface area contributed by atoms with E-state index in [1.807, 2.05) is 0 Å². The van der Waals surface area contributed by atoms with Crippen molar-refractivity contribution in [1.29, 1.82) is 0 Å². The third-order valence-electron chi connectivity index (χ3n) is 2.34. The summed E-state index contributed by atoms with van der Waals surface area (Å²) < 4.78 is 37.3. The first-order valence-electron chi connectivity index (χ1n) is 4.85. The zero-order valence-corrected chi connectivity index (χ0v) is 9.58. The van der Waals surface area contributed by atoms with Gasteiger partial charge in [0.2, 0.25) is 0 Å². The van der Waals surface area contributed by atoms with Crippen LogP contribution in [0, 0.1) is 5.92 Å². The molecule has 1 rings (SSSR count). The molecular weight excluding hydrogens is 253 g/mol. The topological polar surface area (TPSA) is 37.3 Å². The fourth-order valence-corrected chi connectivity index (χ4v) is 1.79. The molecule has 0 aromatic heterocycles. The van der Waals surface area contributed by atoms with Crippen molar-refractivity contribution in [2.75, 3.05) is 0 Å². The number of carboxylic acid groups (broad SMARTS) is 1. The quantitative estimate of drug-likeness (QED) is 0.819. The normalized spacial score (nSPS) is 15.3. The van der Waals surface area contributed by atoms with E-state index in [0.29, 0.717) is 5.56 Å². The van der Waals surface area contributed by atoms with Gasteiger partial charge in [-0.25, -0.2) is 0 Å². The molecule has 6 heteroatoms. The minimum absolute atomic E-state index is 0.575. The molecule has 2 nitrogen and oxygen atoms in total. The molecule has 0 aliphatic heterocycles. The van der Waals surface area contributed by atoms with Gasteiger partial charge in [0, 0.05) is 5.25 Å². The monoisotopic (exact) mass is 264 g/mol. The molecule has 0 saturated carbocycles. The minimum atomic E-state index is -4.75. The number of carboxylic acids is 1. The SMILES string of the molecule is O=C(O)[C@@H](C[C@H](S)c1ccccc1)C(F)(F)F. The summed E-state index contributed by atoms with van der Waals surface area (Å²) in [4.78, 5) is 10.6. The van der Waals surface area contributed by atoms with Crippen LogP contribution in [0.4, 0.5) is 13.2 Å². The predicted octanol–water partition coefficient (Wildman–Crippen LogP) is 3.31. The molecular formula is C11H11F3O2S. The highest BCUT2D eigenvalue weighted by molar-refractivity contribution is 7.80. The van der Waals surface area contributed by atoms with E-state index in [1.54, 1.807) is 30.3 Å². The number of alkyl halides is 3. The van der Waals surface area contributed by atoms with Crippen LogP contribution in [0.3, 0.4) is 0 Å². The summed E-state index contributed by atoms with van der Waals surface area (Å²) in [5.41, 5.74) is 0.575. The number of hydrogen-bond acceptors (Lipinski definition) is 2. The highest BCUT2D eigenvalue weighted by Gasteiger charge is 2.45. The summed E-state index contributed by atoms with van der Waals surface area (Å²) in [6, 6.07) is 8.30. The number of aliphatic carboxylic acids is 1. The number of thiol groups is 1. The van der Waals surface area contributed by atoms with Crippen LogP contribution in [0.1, 0.15) is 17.2 Å². The van der Waals surface area contributed by atoms with Crippen molar-refractivity contribution < 1.29 is 23.1 Å². The van der Waals surface area contributed by atoms with Crippen molar-refractivity contribution in [2.45, 2.75) is 17.8 Å². The van der Waals surface area contributed by atoms with Crippen LogP contribution in [-0.2, 0) is 4.79 Å². The van der Waals surface area contributed by atoms with Crippen LogP contribution in [-0.4, -0.2) is 17.3 Å². The average molecular weight is 264 g/mol. The van der Waals surface area contributed by atoms with Crippen LogP contribution in [0.5, 0.6) is 0 Å². The molecule has 1 aromatic rings. The van der Waals surface area contributed by atoms with E-state index in [9.17, 15) is 18.0 Å². The lowest BCUT2D eigenvalue weighted by molar-refractivity contribution is -0.194. The molecule has 0 spiro atoms. The van der Waals surface area contributed by atoms with Gasteiger partial charge in [-0.3, -0.25) is 4.79 Å². The summed E-state index contributed by atoms with van der Waals surface area (Å²) in [5.74, 6) is -4.25.